The normalized spacial score (nSPS) is 17.1. The number of fused-ring (bicyclic) bond motifs is 3. The van der Waals surface area contributed by atoms with Crippen molar-refractivity contribution < 1.29 is 48.0 Å². The minimum absolute atomic E-state index is 0. The van der Waals surface area contributed by atoms with E-state index in [2.05, 4.69) is 111 Å². The molecule has 0 fully saturated rings. The molecule has 2 aliphatic rings. The minimum atomic E-state index is -1.26. The van der Waals surface area contributed by atoms with E-state index >= 15 is 0 Å². The molecule has 0 nitrogen and oxygen atoms in total. The van der Waals surface area contributed by atoms with E-state index in [1.54, 1.807) is 22.9 Å². The zero-order chi connectivity index (χ0) is 23.6. The van der Waals surface area contributed by atoms with Crippen LogP contribution in [0, 0.1) is 5.92 Å². The molecular formula is C30H40Cl2SiZr. The van der Waals surface area contributed by atoms with Crippen molar-refractivity contribution in [3.8, 4) is 11.1 Å². The Labute approximate surface area is 233 Å². The second-order valence-electron chi connectivity index (χ2n) is 12.9. The van der Waals surface area contributed by atoms with Crippen LogP contribution in [0.4, 0.5) is 0 Å². The topological polar surface area (TPSA) is 0 Å². The van der Waals surface area contributed by atoms with Gasteiger partial charge < -0.3 is 24.8 Å². The Hall–Kier alpha value is -0.400. The molecule has 2 aliphatic carbocycles. The van der Waals surface area contributed by atoms with Gasteiger partial charge in [0.15, 0.2) is 0 Å². The van der Waals surface area contributed by atoms with Gasteiger partial charge in [-0.25, -0.2) is 0 Å². The van der Waals surface area contributed by atoms with Crippen molar-refractivity contribution in [2.45, 2.75) is 85.4 Å². The molecule has 2 aromatic carbocycles. The molecule has 0 amide bonds. The molecule has 0 aromatic heterocycles. The molecule has 182 valence electrons. The average Bonchev–Trinajstić information content (AvgIpc) is 3.20. The average molecular weight is 591 g/mol. The van der Waals surface area contributed by atoms with Crippen molar-refractivity contribution in [3.63, 3.8) is 0 Å². The zero-order valence-electron chi connectivity index (χ0n) is 22.6. The first-order valence-corrected chi connectivity index (χ1v) is 18.1. The third-order valence-corrected chi connectivity index (χ3v) is 13.4. The smallest absolute Gasteiger partial charge is 1.00 e. The Bertz CT molecular complexity index is 1140. The second kappa shape index (κ2) is 10.2. The van der Waals surface area contributed by atoms with E-state index in [-0.39, 0.29) is 35.6 Å². The maximum absolute atomic E-state index is 2.63. The summed E-state index contributed by atoms with van der Waals surface area (Å²) in [7, 11) is -1.26. The molecule has 0 saturated heterocycles. The van der Waals surface area contributed by atoms with E-state index in [4.69, 9.17) is 0 Å². The van der Waals surface area contributed by atoms with Gasteiger partial charge in [0.2, 0.25) is 0 Å². The van der Waals surface area contributed by atoms with Gasteiger partial charge in [-0.15, -0.1) is 0 Å². The number of hydrogen-bond acceptors (Lipinski definition) is 0. The van der Waals surface area contributed by atoms with Crippen molar-refractivity contribution in [2.75, 3.05) is 0 Å². The van der Waals surface area contributed by atoms with Gasteiger partial charge >= 0.3 is 210 Å². The predicted molar refractivity (Wildman–Crippen MR) is 140 cm³/mol. The first-order chi connectivity index (χ1) is 14.7. The number of halogens is 2. The predicted octanol–water partition coefficient (Wildman–Crippen LogP) is 1.91. The molecular weight excluding hydrogens is 551 g/mol. The van der Waals surface area contributed by atoms with Crippen molar-refractivity contribution in [1.82, 2.24) is 0 Å². The first-order valence-electron chi connectivity index (χ1n) is 12.2. The Morgan fingerprint density at radius 1 is 0.853 bits per heavy atom. The Kier molecular flexibility index (Phi) is 8.91. The first kappa shape index (κ1) is 29.8. The van der Waals surface area contributed by atoms with Gasteiger partial charge in [0.1, 0.15) is 0 Å². The van der Waals surface area contributed by atoms with E-state index in [1.807, 2.05) is 0 Å². The van der Waals surface area contributed by atoms with Gasteiger partial charge in [-0.1, -0.05) is 0 Å². The monoisotopic (exact) mass is 588 g/mol. The van der Waals surface area contributed by atoms with E-state index < -0.39 is 31.3 Å². The van der Waals surface area contributed by atoms with E-state index in [1.165, 1.54) is 22.3 Å². The summed E-state index contributed by atoms with van der Waals surface area (Å²) in [6.45, 7) is 24.1. The number of hydrogen-bond donors (Lipinski definition) is 0. The van der Waals surface area contributed by atoms with Crippen LogP contribution in [0.15, 0.2) is 51.0 Å². The largest absolute Gasteiger partial charge is 1.00 e. The molecule has 1 atom stereocenters. The van der Waals surface area contributed by atoms with Crippen molar-refractivity contribution in [2.24, 2.45) is 5.92 Å². The summed E-state index contributed by atoms with van der Waals surface area (Å²) in [5.74, 6) is 0.628. The quantitative estimate of drug-likeness (QED) is 0.409. The van der Waals surface area contributed by atoms with Gasteiger partial charge in [-0.2, -0.15) is 0 Å². The Morgan fingerprint density at radius 3 is 2.00 bits per heavy atom. The third-order valence-electron chi connectivity index (χ3n) is 7.12. The SMILES string of the molecule is CC1C=C([Si](C)(C)C)C=[C]1[Zr+2][c]1c(C(C)(C)C)ccc2c1Cc1cc(C(C)(C)C)ccc1-2.[Cl-].[Cl-]. The Morgan fingerprint density at radius 2 is 1.47 bits per heavy atom. The molecule has 1 unspecified atom stereocenters. The summed E-state index contributed by atoms with van der Waals surface area (Å²) >= 11 is -0.883. The van der Waals surface area contributed by atoms with Gasteiger partial charge in [0.05, 0.1) is 0 Å². The molecule has 0 spiro atoms. The van der Waals surface area contributed by atoms with Crippen LogP contribution in [0.2, 0.25) is 19.6 Å². The minimum Gasteiger partial charge on any atom is -1.00 e. The second-order valence-corrected chi connectivity index (χ2v) is 21.3. The zero-order valence-corrected chi connectivity index (χ0v) is 27.6. The number of rotatable bonds is 3. The van der Waals surface area contributed by atoms with Crippen LogP contribution in [0.1, 0.15) is 70.7 Å². The molecule has 0 aliphatic heterocycles. The Balaban J connectivity index is 0.00000204. The van der Waals surface area contributed by atoms with Crippen LogP contribution in [0.3, 0.4) is 0 Å². The fourth-order valence-electron chi connectivity index (χ4n) is 4.98. The van der Waals surface area contributed by atoms with E-state index in [0.717, 1.165) is 6.42 Å². The van der Waals surface area contributed by atoms with Crippen molar-refractivity contribution >= 4 is 11.3 Å². The molecule has 0 heterocycles. The molecule has 0 radical (unpaired) electrons. The van der Waals surface area contributed by atoms with Crippen LogP contribution >= 0.6 is 0 Å². The van der Waals surface area contributed by atoms with Crippen LogP contribution in [0.25, 0.3) is 11.1 Å². The summed E-state index contributed by atoms with van der Waals surface area (Å²) < 4.78 is 3.53. The summed E-state index contributed by atoms with van der Waals surface area (Å²) in [6.07, 6.45) is 6.34. The summed E-state index contributed by atoms with van der Waals surface area (Å²) in [5.41, 5.74) is 9.61. The van der Waals surface area contributed by atoms with Gasteiger partial charge in [0.25, 0.3) is 0 Å². The van der Waals surface area contributed by atoms with Gasteiger partial charge in [-0.05, 0) is 0 Å². The fraction of sp³-hybridized carbons (Fsp3) is 0.467. The molecule has 0 bridgehead atoms. The van der Waals surface area contributed by atoms with Crippen LogP contribution in [0.5, 0.6) is 0 Å². The van der Waals surface area contributed by atoms with Gasteiger partial charge in [0, 0.05) is 0 Å². The van der Waals surface area contributed by atoms with Gasteiger partial charge in [-0.3, -0.25) is 0 Å². The van der Waals surface area contributed by atoms with Crippen LogP contribution < -0.4 is 28.1 Å². The van der Waals surface area contributed by atoms with Crippen molar-refractivity contribution in [1.29, 1.82) is 0 Å². The fourth-order valence-corrected chi connectivity index (χ4v) is 11.1. The van der Waals surface area contributed by atoms with E-state index in [0.29, 0.717) is 5.92 Å². The molecule has 0 N–H and O–H groups in total. The summed E-state index contributed by atoms with van der Waals surface area (Å²) in [5, 5.41) is 1.67. The number of allylic oxidation sites excluding steroid dienone is 4. The molecule has 4 rings (SSSR count). The molecule has 0 saturated carbocycles. The maximum atomic E-state index is 2.63. The van der Waals surface area contributed by atoms with Crippen LogP contribution in [-0.2, 0) is 40.5 Å². The third kappa shape index (κ3) is 5.77. The molecule has 2 aromatic rings. The molecule has 34 heavy (non-hydrogen) atoms. The van der Waals surface area contributed by atoms with E-state index in [9.17, 15) is 0 Å². The summed E-state index contributed by atoms with van der Waals surface area (Å²) in [6, 6.07) is 12.1. The standard InChI is InChI=1S/C21H25.C9H15Si.2ClH.Zr/c1-20(2,3)16-7-9-18-14(12-16)11-15-13-17(21(4,5)6)8-10-19(15)18;1-8-5-6-9(7-8)10(2,3)4;;;/h7-10,12H,11H2,1-6H3;6-8H,1-4H3;2*1H;/q;;;;+2/p-2. The summed E-state index contributed by atoms with van der Waals surface area (Å²) in [4.78, 5) is 0. The number of benzene rings is 2. The molecule has 4 heteroatoms. The van der Waals surface area contributed by atoms with Crippen LogP contribution in [-0.4, -0.2) is 8.07 Å². The maximum Gasteiger partial charge on any atom is -1.00 e. The van der Waals surface area contributed by atoms with Crippen molar-refractivity contribution in [3.05, 3.63) is 73.2 Å².